The summed E-state index contributed by atoms with van der Waals surface area (Å²) < 4.78 is 10.4. The molecule has 2 aromatic carbocycles. The van der Waals surface area contributed by atoms with Crippen LogP contribution in [0.5, 0.6) is 11.5 Å². The Morgan fingerprint density at radius 2 is 1.52 bits per heavy atom. The van der Waals surface area contributed by atoms with Crippen LogP contribution in [0.3, 0.4) is 0 Å². The minimum atomic E-state index is 0.773. The fourth-order valence-electron chi connectivity index (χ4n) is 2.24. The first-order valence-corrected chi connectivity index (χ1v) is 6.86. The first-order valence-electron chi connectivity index (χ1n) is 6.86. The third-order valence-electron chi connectivity index (χ3n) is 3.40. The Labute approximate surface area is 126 Å². The molecule has 0 fully saturated rings. The number of nitrogens with zero attached hydrogens (tertiary/aromatic N) is 1. The van der Waals surface area contributed by atoms with Gasteiger partial charge in [-0.1, -0.05) is 12.1 Å². The van der Waals surface area contributed by atoms with Crippen LogP contribution in [-0.2, 0) is 13.1 Å². The van der Waals surface area contributed by atoms with E-state index in [4.69, 9.17) is 15.2 Å². The van der Waals surface area contributed by atoms with Crippen molar-refractivity contribution < 1.29 is 9.47 Å². The lowest BCUT2D eigenvalue weighted by Crippen LogP contribution is -2.18. The lowest BCUT2D eigenvalue weighted by Gasteiger charge is -2.18. The van der Waals surface area contributed by atoms with Crippen molar-refractivity contribution in [1.29, 1.82) is 0 Å². The van der Waals surface area contributed by atoms with Crippen LogP contribution in [0.15, 0.2) is 42.5 Å². The number of nitrogen functional groups attached to an aromatic ring is 1. The highest BCUT2D eigenvalue weighted by Crippen LogP contribution is 2.21. The number of hydrogen-bond acceptors (Lipinski definition) is 4. The van der Waals surface area contributed by atoms with Gasteiger partial charge in [0.1, 0.15) is 11.5 Å². The molecule has 21 heavy (non-hydrogen) atoms. The van der Waals surface area contributed by atoms with Crippen molar-refractivity contribution in [3.8, 4) is 11.5 Å². The third kappa shape index (κ3) is 4.13. The van der Waals surface area contributed by atoms with E-state index >= 15 is 0 Å². The molecule has 0 unspecified atom stereocenters. The first-order chi connectivity index (χ1) is 10.1. The van der Waals surface area contributed by atoms with E-state index in [1.807, 2.05) is 30.3 Å². The fraction of sp³-hybridized carbons (Fsp3) is 0.294. The Kier molecular flexibility index (Phi) is 5.06. The van der Waals surface area contributed by atoms with E-state index < -0.39 is 0 Å². The van der Waals surface area contributed by atoms with Crippen molar-refractivity contribution >= 4 is 5.69 Å². The molecule has 0 bridgehead atoms. The summed E-state index contributed by atoms with van der Waals surface area (Å²) in [5.41, 5.74) is 9.12. The van der Waals surface area contributed by atoms with Crippen LogP contribution in [0, 0.1) is 0 Å². The van der Waals surface area contributed by atoms with E-state index in [2.05, 4.69) is 24.1 Å². The molecule has 0 radical (unpaired) electrons. The van der Waals surface area contributed by atoms with Gasteiger partial charge in [0.05, 0.1) is 14.2 Å². The van der Waals surface area contributed by atoms with E-state index in [0.29, 0.717) is 0 Å². The van der Waals surface area contributed by atoms with Crippen LogP contribution in [-0.4, -0.2) is 26.2 Å². The molecule has 112 valence electrons. The molecule has 0 saturated carbocycles. The van der Waals surface area contributed by atoms with Crippen molar-refractivity contribution in [2.24, 2.45) is 0 Å². The molecule has 2 rings (SSSR count). The monoisotopic (exact) mass is 286 g/mol. The van der Waals surface area contributed by atoms with E-state index in [-0.39, 0.29) is 0 Å². The van der Waals surface area contributed by atoms with Gasteiger partial charge < -0.3 is 15.2 Å². The summed E-state index contributed by atoms with van der Waals surface area (Å²) >= 11 is 0. The zero-order chi connectivity index (χ0) is 15.2. The smallest absolute Gasteiger partial charge is 0.119 e. The summed E-state index contributed by atoms with van der Waals surface area (Å²) in [5, 5.41) is 0. The van der Waals surface area contributed by atoms with Crippen molar-refractivity contribution in [1.82, 2.24) is 4.90 Å². The summed E-state index contributed by atoms with van der Waals surface area (Å²) in [6, 6.07) is 13.8. The molecule has 0 spiro atoms. The van der Waals surface area contributed by atoms with E-state index in [1.54, 1.807) is 14.2 Å². The van der Waals surface area contributed by atoms with Crippen molar-refractivity contribution in [2.75, 3.05) is 27.0 Å². The molecule has 2 aromatic rings. The molecule has 4 heteroatoms. The summed E-state index contributed by atoms with van der Waals surface area (Å²) in [5.74, 6) is 1.70. The molecule has 0 amide bonds. The number of benzene rings is 2. The van der Waals surface area contributed by atoms with Crippen molar-refractivity contribution in [3.63, 3.8) is 0 Å². The summed E-state index contributed by atoms with van der Waals surface area (Å²) in [4.78, 5) is 2.22. The second kappa shape index (κ2) is 6.99. The molecule has 0 saturated heterocycles. The molecule has 0 aliphatic carbocycles. The molecule has 4 nitrogen and oxygen atoms in total. The van der Waals surface area contributed by atoms with Gasteiger partial charge in [-0.25, -0.2) is 0 Å². The van der Waals surface area contributed by atoms with Crippen LogP contribution in [0.25, 0.3) is 0 Å². The van der Waals surface area contributed by atoms with Crippen LogP contribution >= 0.6 is 0 Å². The molecular formula is C17H22N2O2. The van der Waals surface area contributed by atoms with Crippen LogP contribution in [0.2, 0.25) is 0 Å². The zero-order valence-corrected chi connectivity index (χ0v) is 12.8. The molecule has 0 atom stereocenters. The van der Waals surface area contributed by atoms with Gasteiger partial charge in [-0.3, -0.25) is 4.90 Å². The van der Waals surface area contributed by atoms with E-state index in [1.165, 1.54) is 5.56 Å². The second-order valence-corrected chi connectivity index (χ2v) is 5.09. The minimum absolute atomic E-state index is 0.773. The maximum atomic E-state index is 6.02. The minimum Gasteiger partial charge on any atom is -0.497 e. The lowest BCUT2D eigenvalue weighted by molar-refractivity contribution is 0.318. The predicted octanol–water partition coefficient (Wildman–Crippen LogP) is 2.92. The Balaban J connectivity index is 2.02. The molecule has 0 aromatic heterocycles. The topological polar surface area (TPSA) is 47.7 Å². The molecule has 0 aliphatic rings. The maximum Gasteiger partial charge on any atom is 0.119 e. The standard InChI is InChI=1S/C17H22N2O2/c1-19(11-13-4-6-15(20-2)7-5-13)12-14-10-16(21-3)8-9-17(14)18/h4-10H,11-12,18H2,1-3H3. The van der Waals surface area contributed by atoms with Crippen molar-refractivity contribution in [3.05, 3.63) is 53.6 Å². The number of methoxy groups -OCH3 is 2. The third-order valence-corrected chi connectivity index (χ3v) is 3.40. The lowest BCUT2D eigenvalue weighted by atomic mass is 10.1. The number of hydrogen-bond donors (Lipinski definition) is 1. The van der Waals surface area contributed by atoms with Crippen molar-refractivity contribution in [2.45, 2.75) is 13.1 Å². The number of rotatable bonds is 6. The van der Waals surface area contributed by atoms with E-state index in [0.717, 1.165) is 35.8 Å². The molecule has 0 heterocycles. The van der Waals surface area contributed by atoms with Gasteiger partial charge in [0.2, 0.25) is 0 Å². The van der Waals surface area contributed by atoms with Gasteiger partial charge in [-0.05, 0) is 48.5 Å². The van der Waals surface area contributed by atoms with Crippen LogP contribution in [0.4, 0.5) is 5.69 Å². The van der Waals surface area contributed by atoms with E-state index in [9.17, 15) is 0 Å². The number of anilines is 1. The molecule has 2 N–H and O–H groups in total. The maximum absolute atomic E-state index is 6.02. The highest BCUT2D eigenvalue weighted by atomic mass is 16.5. The number of ether oxygens (including phenoxy) is 2. The Bertz CT molecular complexity index is 582. The second-order valence-electron chi connectivity index (χ2n) is 5.09. The van der Waals surface area contributed by atoms with Gasteiger partial charge in [-0.2, -0.15) is 0 Å². The highest BCUT2D eigenvalue weighted by molar-refractivity contribution is 5.50. The molecular weight excluding hydrogens is 264 g/mol. The Morgan fingerprint density at radius 3 is 2.14 bits per heavy atom. The van der Waals surface area contributed by atoms with Gasteiger partial charge >= 0.3 is 0 Å². The van der Waals surface area contributed by atoms with Crippen LogP contribution < -0.4 is 15.2 Å². The number of nitrogens with two attached hydrogens (primary N) is 1. The Hall–Kier alpha value is -2.20. The van der Waals surface area contributed by atoms with Gasteiger partial charge in [0.25, 0.3) is 0 Å². The van der Waals surface area contributed by atoms with Gasteiger partial charge in [0, 0.05) is 18.8 Å². The largest absolute Gasteiger partial charge is 0.497 e. The van der Waals surface area contributed by atoms with Gasteiger partial charge in [0.15, 0.2) is 0 Å². The first kappa shape index (κ1) is 15.2. The average molecular weight is 286 g/mol. The summed E-state index contributed by atoms with van der Waals surface area (Å²) in [6.07, 6.45) is 0. The quantitative estimate of drug-likeness (QED) is 0.829. The van der Waals surface area contributed by atoms with Crippen LogP contribution in [0.1, 0.15) is 11.1 Å². The zero-order valence-electron chi connectivity index (χ0n) is 12.8. The normalized spacial score (nSPS) is 10.7. The summed E-state index contributed by atoms with van der Waals surface area (Å²) in [7, 11) is 5.41. The average Bonchev–Trinajstić information content (AvgIpc) is 2.50. The molecule has 0 aliphatic heterocycles. The summed E-state index contributed by atoms with van der Waals surface area (Å²) in [6.45, 7) is 1.62. The SMILES string of the molecule is COc1ccc(CN(C)Cc2cc(OC)ccc2N)cc1. The highest BCUT2D eigenvalue weighted by Gasteiger charge is 2.06. The predicted molar refractivity (Wildman–Crippen MR) is 85.6 cm³/mol. The fourth-order valence-corrected chi connectivity index (χ4v) is 2.24. The Morgan fingerprint density at radius 1 is 0.905 bits per heavy atom. The van der Waals surface area contributed by atoms with Gasteiger partial charge in [-0.15, -0.1) is 0 Å².